The van der Waals surface area contributed by atoms with Crippen molar-refractivity contribution in [2.24, 2.45) is 5.16 Å². The summed E-state index contributed by atoms with van der Waals surface area (Å²) < 4.78 is 22.5. The highest BCUT2D eigenvalue weighted by atomic mass is 32.2. The Bertz CT molecular complexity index is 444. The van der Waals surface area contributed by atoms with Crippen molar-refractivity contribution < 1.29 is 18.0 Å². The molecule has 0 aliphatic carbocycles. The number of nitrogens with one attached hydrogen (secondary N) is 1. The van der Waals surface area contributed by atoms with Crippen molar-refractivity contribution in [2.45, 2.75) is 44.8 Å². The van der Waals surface area contributed by atoms with E-state index in [1.807, 2.05) is 6.92 Å². The first kappa shape index (κ1) is 13.3. The predicted octanol–water partition coefficient (Wildman–Crippen LogP) is 0.235. The summed E-state index contributed by atoms with van der Waals surface area (Å²) in [5.74, 6) is 0.117. The number of nitrogens with zero attached hydrogens (tertiary/aromatic N) is 1. The number of amides is 1. The van der Waals surface area contributed by atoms with Gasteiger partial charge in [0.15, 0.2) is 0 Å². The molecule has 102 valence electrons. The molecule has 1 amide bonds. The van der Waals surface area contributed by atoms with Crippen LogP contribution in [0.15, 0.2) is 5.16 Å². The van der Waals surface area contributed by atoms with Crippen LogP contribution in [0.2, 0.25) is 0 Å². The zero-order valence-electron chi connectivity index (χ0n) is 10.4. The van der Waals surface area contributed by atoms with Gasteiger partial charge in [0.1, 0.15) is 9.84 Å². The zero-order chi connectivity index (χ0) is 13.2. The van der Waals surface area contributed by atoms with E-state index in [1.165, 1.54) is 0 Å². The minimum Gasteiger partial charge on any atom is -0.382 e. The Morgan fingerprint density at radius 1 is 1.44 bits per heavy atom. The molecule has 1 saturated heterocycles. The molecule has 0 radical (unpaired) electrons. The summed E-state index contributed by atoms with van der Waals surface area (Å²) >= 11 is 0. The molecule has 2 heterocycles. The Hall–Kier alpha value is -1.11. The van der Waals surface area contributed by atoms with Crippen molar-refractivity contribution in [3.8, 4) is 0 Å². The highest BCUT2D eigenvalue weighted by Gasteiger charge is 2.31. The van der Waals surface area contributed by atoms with Gasteiger partial charge in [-0.05, 0) is 19.3 Å². The van der Waals surface area contributed by atoms with Crippen LogP contribution in [0.1, 0.15) is 32.6 Å². The fourth-order valence-corrected chi connectivity index (χ4v) is 3.60. The van der Waals surface area contributed by atoms with Crippen molar-refractivity contribution in [1.82, 2.24) is 5.32 Å². The average molecular weight is 274 g/mol. The molecular weight excluding hydrogens is 256 g/mol. The number of hydrogen-bond acceptors (Lipinski definition) is 5. The summed E-state index contributed by atoms with van der Waals surface area (Å²) in [5.41, 5.74) is 0.890. The van der Waals surface area contributed by atoms with E-state index in [-0.39, 0.29) is 23.5 Å². The second kappa shape index (κ2) is 5.26. The first-order chi connectivity index (χ1) is 8.50. The first-order valence-electron chi connectivity index (χ1n) is 6.22. The molecular formula is C11H18N2O4S. The van der Waals surface area contributed by atoms with E-state index >= 15 is 0 Å². The second-order valence-electron chi connectivity index (χ2n) is 4.74. The van der Waals surface area contributed by atoms with Crippen LogP contribution in [0.5, 0.6) is 0 Å². The van der Waals surface area contributed by atoms with Crippen molar-refractivity contribution >= 4 is 21.5 Å². The molecule has 7 heteroatoms. The van der Waals surface area contributed by atoms with Crippen LogP contribution in [0, 0.1) is 0 Å². The summed E-state index contributed by atoms with van der Waals surface area (Å²) in [5, 5.41) is 6.67. The maximum Gasteiger partial charge on any atom is 0.264 e. The number of sulfone groups is 1. The molecule has 2 aliphatic heterocycles. The summed E-state index contributed by atoms with van der Waals surface area (Å²) in [4.78, 5) is 16.9. The highest BCUT2D eigenvalue weighted by Crippen LogP contribution is 2.16. The molecule has 1 atom stereocenters. The molecule has 18 heavy (non-hydrogen) atoms. The predicted molar refractivity (Wildman–Crippen MR) is 67.0 cm³/mol. The molecule has 0 aromatic rings. The van der Waals surface area contributed by atoms with Gasteiger partial charge in [-0.25, -0.2) is 8.42 Å². The molecule has 1 fully saturated rings. The maximum absolute atomic E-state index is 11.9. The van der Waals surface area contributed by atoms with E-state index in [0.717, 1.165) is 12.1 Å². The normalized spacial score (nSPS) is 27.4. The SMILES string of the molecule is CCC1=NOC(C(=O)NC2CCS(=O)(=O)CC2)C1. The summed E-state index contributed by atoms with van der Waals surface area (Å²) in [6.07, 6.45) is 1.75. The summed E-state index contributed by atoms with van der Waals surface area (Å²) in [7, 11) is -2.89. The fourth-order valence-electron chi connectivity index (χ4n) is 2.10. The minimum absolute atomic E-state index is 0.0599. The minimum atomic E-state index is -2.89. The molecule has 0 aromatic carbocycles. The van der Waals surface area contributed by atoms with Crippen molar-refractivity contribution in [3.05, 3.63) is 0 Å². The topological polar surface area (TPSA) is 84.8 Å². The molecule has 6 nitrogen and oxygen atoms in total. The Morgan fingerprint density at radius 3 is 2.67 bits per heavy atom. The lowest BCUT2D eigenvalue weighted by atomic mass is 10.1. The lowest BCUT2D eigenvalue weighted by molar-refractivity contribution is -0.132. The smallest absolute Gasteiger partial charge is 0.264 e. The Kier molecular flexibility index (Phi) is 3.89. The van der Waals surface area contributed by atoms with Crippen molar-refractivity contribution in [2.75, 3.05) is 11.5 Å². The number of oxime groups is 1. The third-order valence-electron chi connectivity index (χ3n) is 3.33. The molecule has 1 unspecified atom stereocenters. The monoisotopic (exact) mass is 274 g/mol. The van der Waals surface area contributed by atoms with Gasteiger partial charge in [0.2, 0.25) is 6.10 Å². The maximum atomic E-state index is 11.9. The lowest BCUT2D eigenvalue weighted by Gasteiger charge is -2.23. The quantitative estimate of drug-likeness (QED) is 0.798. The summed E-state index contributed by atoms with van der Waals surface area (Å²) in [6, 6.07) is -0.0599. The van der Waals surface area contributed by atoms with Gasteiger partial charge in [0, 0.05) is 12.5 Å². The highest BCUT2D eigenvalue weighted by molar-refractivity contribution is 7.91. The van der Waals surface area contributed by atoms with E-state index in [4.69, 9.17) is 4.84 Å². The van der Waals surface area contributed by atoms with Crippen molar-refractivity contribution in [1.29, 1.82) is 0 Å². The largest absolute Gasteiger partial charge is 0.382 e. The van der Waals surface area contributed by atoms with Gasteiger partial charge in [0.05, 0.1) is 17.2 Å². The fraction of sp³-hybridized carbons (Fsp3) is 0.818. The van der Waals surface area contributed by atoms with E-state index in [1.54, 1.807) is 0 Å². The number of carbonyl (C=O) groups excluding carboxylic acids is 1. The number of rotatable bonds is 3. The van der Waals surface area contributed by atoms with Crippen LogP contribution in [0.3, 0.4) is 0 Å². The summed E-state index contributed by atoms with van der Waals surface area (Å²) in [6.45, 7) is 1.97. The third kappa shape index (κ3) is 3.22. The second-order valence-corrected chi connectivity index (χ2v) is 7.05. The molecule has 0 spiro atoms. The molecule has 0 saturated carbocycles. The van der Waals surface area contributed by atoms with Gasteiger partial charge in [-0.15, -0.1) is 0 Å². The average Bonchev–Trinajstić information content (AvgIpc) is 2.80. The van der Waals surface area contributed by atoms with E-state index in [9.17, 15) is 13.2 Å². The van der Waals surface area contributed by atoms with Gasteiger partial charge in [-0.1, -0.05) is 12.1 Å². The van der Waals surface area contributed by atoms with Crippen LogP contribution in [0.4, 0.5) is 0 Å². The zero-order valence-corrected chi connectivity index (χ0v) is 11.2. The van der Waals surface area contributed by atoms with Crippen LogP contribution >= 0.6 is 0 Å². The van der Waals surface area contributed by atoms with Gasteiger partial charge in [0.25, 0.3) is 5.91 Å². The van der Waals surface area contributed by atoms with E-state index in [0.29, 0.717) is 19.3 Å². The third-order valence-corrected chi connectivity index (χ3v) is 5.05. The molecule has 1 N–H and O–H groups in total. The van der Waals surface area contributed by atoms with E-state index < -0.39 is 15.9 Å². The Balaban J connectivity index is 1.79. The molecule has 2 rings (SSSR count). The van der Waals surface area contributed by atoms with Crippen LogP contribution in [0.25, 0.3) is 0 Å². The lowest BCUT2D eigenvalue weighted by Crippen LogP contribution is -2.45. The van der Waals surface area contributed by atoms with Crippen molar-refractivity contribution in [3.63, 3.8) is 0 Å². The van der Waals surface area contributed by atoms with Crippen LogP contribution in [-0.2, 0) is 19.5 Å². The van der Waals surface area contributed by atoms with Gasteiger partial charge < -0.3 is 10.2 Å². The van der Waals surface area contributed by atoms with Crippen LogP contribution < -0.4 is 5.32 Å². The standard InChI is InChI=1S/C11H18N2O4S/c1-2-8-7-10(17-13-8)11(14)12-9-3-5-18(15,16)6-4-9/h9-10H,2-7H2,1H3,(H,12,14). The number of carbonyl (C=O) groups is 1. The van der Waals surface area contributed by atoms with Gasteiger partial charge in [-0.2, -0.15) is 0 Å². The Morgan fingerprint density at radius 2 is 2.11 bits per heavy atom. The first-order valence-corrected chi connectivity index (χ1v) is 8.04. The Labute approximate surface area is 107 Å². The van der Waals surface area contributed by atoms with Crippen LogP contribution in [-0.4, -0.2) is 43.7 Å². The number of hydrogen-bond donors (Lipinski definition) is 1. The molecule has 2 aliphatic rings. The van der Waals surface area contributed by atoms with Gasteiger partial charge >= 0.3 is 0 Å². The van der Waals surface area contributed by atoms with E-state index in [2.05, 4.69) is 10.5 Å². The molecule has 0 aromatic heterocycles. The molecule has 0 bridgehead atoms. The van der Waals surface area contributed by atoms with Gasteiger partial charge in [-0.3, -0.25) is 4.79 Å².